The number of nitrogens with zero attached hydrogens (tertiary/aromatic N) is 3. The second-order valence-electron chi connectivity index (χ2n) is 9.39. The predicted molar refractivity (Wildman–Crippen MR) is 142 cm³/mol. The van der Waals surface area contributed by atoms with Crippen molar-refractivity contribution in [3.8, 4) is 5.88 Å². The quantitative estimate of drug-likeness (QED) is 0.502. The number of sulfonamides is 1. The van der Waals surface area contributed by atoms with Gasteiger partial charge in [-0.05, 0) is 56.7 Å². The molecule has 2 heterocycles. The minimum absolute atomic E-state index is 0.141. The van der Waals surface area contributed by atoms with E-state index in [0.29, 0.717) is 30.1 Å². The zero-order chi connectivity index (χ0) is 26.0. The van der Waals surface area contributed by atoms with Gasteiger partial charge in [0.25, 0.3) is 10.0 Å². The number of primary amides is 1. The molecule has 1 atom stereocenters. The number of hydrogen-bond acceptors (Lipinski definition) is 9. The maximum absolute atomic E-state index is 12.8. The number of nitrogens with two attached hydrogens (primary N) is 1. The van der Waals surface area contributed by atoms with E-state index in [4.69, 9.17) is 15.2 Å². The second-order valence-corrected chi connectivity index (χ2v) is 12.4. The van der Waals surface area contributed by atoms with Gasteiger partial charge in [-0.2, -0.15) is 4.40 Å². The molecule has 0 aromatic carbocycles. The fourth-order valence-corrected chi connectivity index (χ4v) is 7.07. The highest BCUT2D eigenvalue weighted by Gasteiger charge is 2.37. The van der Waals surface area contributed by atoms with Crippen LogP contribution in [0.2, 0.25) is 0 Å². The number of carbonyl (C=O) groups excluding carboxylic acids is 1. The van der Waals surface area contributed by atoms with E-state index in [-0.39, 0.29) is 17.9 Å². The van der Waals surface area contributed by atoms with Crippen LogP contribution in [0.4, 0.5) is 10.5 Å². The number of anilines is 1. The van der Waals surface area contributed by atoms with Crippen LogP contribution in [0.25, 0.3) is 0 Å². The number of nitrogens with one attached hydrogen (secondary N) is 1. The topological polar surface area (TPSA) is 146 Å². The van der Waals surface area contributed by atoms with Crippen LogP contribution in [0.5, 0.6) is 5.88 Å². The van der Waals surface area contributed by atoms with E-state index in [1.807, 2.05) is 24.4 Å². The van der Waals surface area contributed by atoms with Gasteiger partial charge in [0.05, 0.1) is 40.9 Å². The normalized spacial score (nSPS) is 24.9. The van der Waals surface area contributed by atoms with Crippen LogP contribution >= 0.6 is 11.3 Å². The Hall–Kier alpha value is -3.25. The Labute approximate surface area is 219 Å². The molecule has 2 aromatic heterocycles. The summed E-state index contributed by atoms with van der Waals surface area (Å²) in [4.78, 5) is 20.8. The molecule has 3 aliphatic carbocycles. The first-order valence-electron chi connectivity index (χ1n) is 12.2. The molecule has 0 aliphatic heterocycles. The molecule has 12 heteroatoms. The minimum atomic E-state index is -3.58. The van der Waals surface area contributed by atoms with E-state index >= 15 is 0 Å². The fourth-order valence-electron chi connectivity index (χ4n) is 4.55. The van der Waals surface area contributed by atoms with Crippen LogP contribution in [-0.4, -0.2) is 48.7 Å². The van der Waals surface area contributed by atoms with Gasteiger partial charge in [0, 0.05) is 28.8 Å². The molecular formula is C25H29N5O5S2. The lowest BCUT2D eigenvalue weighted by molar-refractivity contribution is 0.0787. The Bertz CT molecular complexity index is 1340. The lowest BCUT2D eigenvalue weighted by Gasteiger charge is -2.26. The number of pyridine rings is 1. The molecule has 1 amide bonds. The molecule has 0 spiro atoms. The number of hydrogen-bond donors (Lipinski definition) is 2. The van der Waals surface area contributed by atoms with Gasteiger partial charge in [-0.15, -0.1) is 11.3 Å². The number of allylic oxidation sites excluding steroid dienone is 3. The maximum atomic E-state index is 12.8. The van der Waals surface area contributed by atoms with Crippen molar-refractivity contribution in [3.63, 3.8) is 0 Å². The Balaban J connectivity index is 1.35. The van der Waals surface area contributed by atoms with E-state index in [2.05, 4.69) is 19.7 Å². The lowest BCUT2D eigenvalue weighted by Crippen LogP contribution is -2.26. The van der Waals surface area contributed by atoms with E-state index in [0.717, 1.165) is 41.3 Å². The molecule has 2 fully saturated rings. The highest BCUT2D eigenvalue weighted by atomic mass is 32.2. The van der Waals surface area contributed by atoms with Crippen LogP contribution in [0.1, 0.15) is 60.2 Å². The third-order valence-corrected chi connectivity index (χ3v) is 9.68. The first kappa shape index (κ1) is 25.4. The van der Waals surface area contributed by atoms with Gasteiger partial charge in [-0.1, -0.05) is 6.08 Å². The first-order valence-corrected chi connectivity index (χ1v) is 14.5. The van der Waals surface area contributed by atoms with Crippen molar-refractivity contribution in [1.29, 1.82) is 0 Å². The van der Waals surface area contributed by atoms with E-state index in [1.165, 1.54) is 0 Å². The van der Waals surface area contributed by atoms with Crippen LogP contribution in [-0.2, 0) is 14.8 Å². The molecule has 196 valence electrons. The Kier molecular flexibility index (Phi) is 7.29. The lowest BCUT2D eigenvalue weighted by atomic mass is 9.88. The van der Waals surface area contributed by atoms with Crippen molar-refractivity contribution in [2.45, 2.75) is 61.7 Å². The maximum Gasteiger partial charge on any atom is 0.404 e. The summed E-state index contributed by atoms with van der Waals surface area (Å²) in [6, 6.07) is 3.58. The monoisotopic (exact) mass is 543 g/mol. The van der Waals surface area contributed by atoms with E-state index in [9.17, 15) is 13.2 Å². The van der Waals surface area contributed by atoms with E-state index in [1.54, 1.807) is 36.8 Å². The van der Waals surface area contributed by atoms with Crippen molar-refractivity contribution in [2.24, 2.45) is 10.1 Å². The minimum Gasteiger partial charge on any atom is -0.481 e. The highest BCUT2D eigenvalue weighted by Crippen LogP contribution is 2.39. The van der Waals surface area contributed by atoms with Crippen LogP contribution in [0.3, 0.4) is 0 Å². The average molecular weight is 544 g/mol. The predicted octanol–water partition coefficient (Wildman–Crippen LogP) is 4.25. The van der Waals surface area contributed by atoms with Gasteiger partial charge in [-0.25, -0.2) is 23.2 Å². The highest BCUT2D eigenvalue weighted by molar-refractivity contribution is 7.91. The molecule has 37 heavy (non-hydrogen) atoms. The summed E-state index contributed by atoms with van der Waals surface area (Å²) in [5.41, 5.74) is 7.07. The molecule has 0 radical (unpaired) electrons. The number of thiazole rings is 1. The average Bonchev–Trinajstić information content (AvgIpc) is 3.64. The third-order valence-electron chi connectivity index (χ3n) is 6.66. The van der Waals surface area contributed by atoms with Gasteiger partial charge in [0.1, 0.15) is 6.10 Å². The van der Waals surface area contributed by atoms with Crippen molar-refractivity contribution < 1.29 is 22.7 Å². The van der Waals surface area contributed by atoms with E-state index < -0.39 is 21.4 Å². The Morgan fingerprint density at radius 1 is 1.14 bits per heavy atom. The number of amides is 1. The zero-order valence-corrected chi connectivity index (χ0v) is 22.0. The number of ether oxygens (including phenoxy) is 2. The number of carbonyl (C=O) groups is 1. The summed E-state index contributed by atoms with van der Waals surface area (Å²) >= 11 is 1.58. The number of aromatic nitrogens is 2. The Morgan fingerprint density at radius 3 is 2.57 bits per heavy atom. The summed E-state index contributed by atoms with van der Waals surface area (Å²) < 4.78 is 40.1. The molecule has 0 saturated heterocycles. The molecule has 0 bridgehead atoms. The molecule has 3 N–H and O–H groups in total. The van der Waals surface area contributed by atoms with Gasteiger partial charge >= 0.3 is 6.09 Å². The number of methoxy groups -OCH3 is 1. The SMILES string of the molecule is COc1ccc(NC2=CC(=NS(=O)(=O)C3CC3)C(c3cnc(C4CCC(OC(N)=O)CC4)s3)C=C2)cn1. The summed E-state index contributed by atoms with van der Waals surface area (Å²) in [6.07, 6.45) is 12.7. The molecule has 1 unspecified atom stereocenters. The van der Waals surface area contributed by atoms with Crippen molar-refractivity contribution in [1.82, 2.24) is 9.97 Å². The Morgan fingerprint density at radius 2 is 1.92 bits per heavy atom. The molecule has 3 aliphatic rings. The van der Waals surface area contributed by atoms with Gasteiger partial charge in [-0.3, -0.25) is 0 Å². The molecular weight excluding hydrogens is 514 g/mol. The standard InChI is InChI=1S/C25H29N5O5S2/c1-34-23-11-5-17(13-27-23)29-16-4-10-20(21(12-16)30-37(32,33)19-8-9-19)22-14-28-24(36-22)15-2-6-18(7-3-15)35-25(26)31/h4-5,10-15,18-20,29H,2-3,6-9H2,1H3,(H2,26,31). The molecule has 2 aromatic rings. The van der Waals surface area contributed by atoms with Crippen LogP contribution < -0.4 is 15.8 Å². The molecule has 10 nitrogen and oxygen atoms in total. The zero-order valence-electron chi connectivity index (χ0n) is 20.4. The molecule has 5 rings (SSSR count). The van der Waals surface area contributed by atoms with Crippen molar-refractivity contribution in [3.05, 3.63) is 58.3 Å². The van der Waals surface area contributed by atoms with Gasteiger partial charge < -0.3 is 20.5 Å². The van der Waals surface area contributed by atoms with Crippen LogP contribution in [0.15, 0.2) is 52.8 Å². The number of rotatable bonds is 8. The second kappa shape index (κ2) is 10.6. The van der Waals surface area contributed by atoms with Crippen LogP contribution in [0, 0.1) is 0 Å². The fraction of sp³-hybridized carbons (Fsp3) is 0.440. The smallest absolute Gasteiger partial charge is 0.404 e. The summed E-state index contributed by atoms with van der Waals surface area (Å²) in [5.74, 6) is 0.463. The van der Waals surface area contributed by atoms with Crippen molar-refractivity contribution >= 4 is 38.9 Å². The summed E-state index contributed by atoms with van der Waals surface area (Å²) in [6.45, 7) is 0. The largest absolute Gasteiger partial charge is 0.481 e. The van der Waals surface area contributed by atoms with Gasteiger partial charge in [0.15, 0.2) is 0 Å². The van der Waals surface area contributed by atoms with Gasteiger partial charge in [0.2, 0.25) is 5.88 Å². The van der Waals surface area contributed by atoms with Crippen molar-refractivity contribution in [2.75, 3.05) is 12.4 Å². The molecule has 2 saturated carbocycles. The summed E-state index contributed by atoms with van der Waals surface area (Å²) in [7, 11) is -2.02. The third kappa shape index (κ3) is 6.19. The summed E-state index contributed by atoms with van der Waals surface area (Å²) in [5, 5.41) is 3.87. The first-order chi connectivity index (χ1) is 17.8.